The van der Waals surface area contributed by atoms with Gasteiger partial charge in [-0.25, -0.2) is 4.39 Å². The van der Waals surface area contributed by atoms with E-state index in [2.05, 4.69) is 0 Å². The van der Waals surface area contributed by atoms with E-state index in [0.29, 0.717) is 0 Å². The van der Waals surface area contributed by atoms with Gasteiger partial charge < -0.3 is 11.1 Å². The largest absolute Gasteiger partial charge is 0.398 e. The number of nitrogen functional groups attached to an aromatic ring is 1. The van der Waals surface area contributed by atoms with Crippen LogP contribution in [0.15, 0.2) is 42.5 Å². The molecule has 0 aliphatic carbocycles. The molecule has 0 spiro atoms. The second-order valence-electron chi connectivity index (χ2n) is 4.74. The Morgan fingerprint density at radius 1 is 1.18 bits per heavy atom. The van der Waals surface area contributed by atoms with Gasteiger partial charge >= 0.3 is 5.92 Å². The Morgan fingerprint density at radius 3 is 2.41 bits per heavy atom. The molecule has 3 N–H and O–H groups in total. The van der Waals surface area contributed by atoms with Gasteiger partial charge in [-0.15, -0.1) is 0 Å². The molecular weight excluding hydrogens is 293 g/mol. The first-order chi connectivity index (χ1) is 10.4. The molecule has 0 saturated carbocycles. The summed E-state index contributed by atoms with van der Waals surface area (Å²) in [6.45, 7) is 1.68. The molecule has 3 nitrogen and oxygen atoms in total. The van der Waals surface area contributed by atoms with Crippen LogP contribution in [0.1, 0.15) is 18.1 Å². The van der Waals surface area contributed by atoms with Gasteiger partial charge in [0.1, 0.15) is 0 Å². The van der Waals surface area contributed by atoms with E-state index in [-0.39, 0.29) is 23.4 Å². The third-order valence-corrected chi connectivity index (χ3v) is 3.30. The summed E-state index contributed by atoms with van der Waals surface area (Å²) < 4.78 is 42.3. The van der Waals surface area contributed by atoms with Crippen molar-refractivity contribution in [3.63, 3.8) is 0 Å². The maximum atomic E-state index is 14.1. The number of benzene rings is 2. The number of nitrogens with one attached hydrogen (secondary N) is 1. The van der Waals surface area contributed by atoms with Crippen LogP contribution in [0.2, 0.25) is 0 Å². The van der Waals surface area contributed by atoms with Crippen molar-refractivity contribution < 1.29 is 18.0 Å². The predicted molar refractivity (Wildman–Crippen MR) is 79.2 cm³/mol. The number of carbonyl (C=O) groups is 1. The van der Waals surface area contributed by atoms with E-state index in [9.17, 15) is 18.0 Å². The van der Waals surface area contributed by atoms with Gasteiger partial charge in [-0.3, -0.25) is 4.79 Å². The molecular formula is C16H15F3N2O. The minimum atomic E-state index is -3.76. The Hall–Kier alpha value is -2.50. The second-order valence-corrected chi connectivity index (χ2v) is 4.74. The highest BCUT2D eigenvalue weighted by Gasteiger charge is 2.41. The van der Waals surface area contributed by atoms with Crippen molar-refractivity contribution in [3.05, 3.63) is 59.4 Å². The molecule has 0 bridgehead atoms. The third-order valence-electron chi connectivity index (χ3n) is 3.30. The fourth-order valence-corrected chi connectivity index (χ4v) is 2.07. The summed E-state index contributed by atoms with van der Waals surface area (Å²) >= 11 is 0. The van der Waals surface area contributed by atoms with Gasteiger partial charge in [0.15, 0.2) is 5.82 Å². The van der Waals surface area contributed by atoms with Crippen molar-refractivity contribution in [1.82, 2.24) is 0 Å². The average Bonchev–Trinajstić information content (AvgIpc) is 2.51. The number of nitrogens with two attached hydrogens (primary N) is 1. The van der Waals surface area contributed by atoms with Gasteiger partial charge in [-0.1, -0.05) is 37.3 Å². The van der Waals surface area contributed by atoms with Crippen molar-refractivity contribution >= 4 is 17.3 Å². The highest BCUT2D eigenvalue weighted by molar-refractivity contribution is 5.97. The average molecular weight is 308 g/mol. The van der Waals surface area contributed by atoms with Gasteiger partial charge in [-0.2, -0.15) is 8.78 Å². The van der Waals surface area contributed by atoms with Gasteiger partial charge in [-0.05, 0) is 18.6 Å². The predicted octanol–water partition coefficient (Wildman–Crippen LogP) is 3.70. The number of hydrogen-bond donors (Lipinski definition) is 2. The third kappa shape index (κ3) is 2.90. The zero-order chi connectivity index (χ0) is 16.3. The summed E-state index contributed by atoms with van der Waals surface area (Å²) in [6, 6.07) is 9.17. The lowest BCUT2D eigenvalue weighted by Crippen LogP contribution is -2.32. The topological polar surface area (TPSA) is 55.1 Å². The fraction of sp³-hybridized carbons (Fsp3) is 0.188. The molecule has 0 fully saturated rings. The summed E-state index contributed by atoms with van der Waals surface area (Å²) in [5, 5.41) is 1.93. The minimum absolute atomic E-state index is 0.181. The molecule has 6 heteroatoms. The van der Waals surface area contributed by atoms with E-state index in [1.54, 1.807) is 13.0 Å². The molecule has 0 radical (unpaired) electrons. The Bertz CT molecular complexity index is 687. The smallest absolute Gasteiger partial charge is 0.350 e. The van der Waals surface area contributed by atoms with Crippen LogP contribution in [0.25, 0.3) is 0 Å². The van der Waals surface area contributed by atoms with Gasteiger partial charge in [0.05, 0.1) is 5.69 Å². The summed E-state index contributed by atoms with van der Waals surface area (Å²) in [4.78, 5) is 11.8. The SMILES string of the molecule is CCc1c(N)ccc(NC(=O)C(F)(F)c2ccccc2)c1F. The molecule has 1 amide bonds. The lowest BCUT2D eigenvalue weighted by molar-refractivity contribution is -0.140. The number of hydrogen-bond acceptors (Lipinski definition) is 2. The summed E-state index contributed by atoms with van der Waals surface area (Å²) in [5.74, 6) is -6.15. The number of rotatable bonds is 4. The van der Waals surface area contributed by atoms with Crippen molar-refractivity contribution in [2.75, 3.05) is 11.1 Å². The molecule has 2 aromatic rings. The van der Waals surface area contributed by atoms with Crippen LogP contribution < -0.4 is 11.1 Å². The molecule has 0 aliphatic rings. The van der Waals surface area contributed by atoms with Gasteiger partial charge in [0.2, 0.25) is 0 Å². The van der Waals surface area contributed by atoms with E-state index in [1.165, 1.54) is 24.3 Å². The van der Waals surface area contributed by atoms with E-state index < -0.39 is 23.2 Å². The van der Waals surface area contributed by atoms with E-state index in [4.69, 9.17) is 5.73 Å². The van der Waals surface area contributed by atoms with E-state index >= 15 is 0 Å². The quantitative estimate of drug-likeness (QED) is 0.846. The standard InChI is InChI=1S/C16H15F3N2O/c1-2-11-12(20)8-9-13(14(11)17)21-15(22)16(18,19)10-6-4-3-5-7-10/h3-9H,2,20H2,1H3,(H,21,22). The molecule has 2 rings (SSSR count). The lowest BCUT2D eigenvalue weighted by atomic mass is 10.1. The number of alkyl halides is 2. The molecule has 0 saturated heterocycles. The van der Waals surface area contributed by atoms with Crippen molar-refractivity contribution in [1.29, 1.82) is 0 Å². The Labute approximate surface area is 125 Å². The lowest BCUT2D eigenvalue weighted by Gasteiger charge is -2.17. The molecule has 0 atom stereocenters. The summed E-state index contributed by atoms with van der Waals surface area (Å²) in [7, 11) is 0. The van der Waals surface area contributed by atoms with Crippen LogP contribution in [-0.2, 0) is 17.1 Å². The second kappa shape index (κ2) is 6.09. The Morgan fingerprint density at radius 2 is 1.82 bits per heavy atom. The molecule has 116 valence electrons. The maximum Gasteiger partial charge on any atom is 0.350 e. The molecule has 0 aliphatic heterocycles. The normalized spacial score (nSPS) is 11.3. The Balaban J connectivity index is 2.30. The van der Waals surface area contributed by atoms with Crippen molar-refractivity contribution in [2.45, 2.75) is 19.3 Å². The summed E-state index contributed by atoms with van der Waals surface area (Å²) in [6.07, 6.45) is 0.288. The molecule has 0 unspecified atom stereocenters. The van der Waals surface area contributed by atoms with Crippen LogP contribution in [0.5, 0.6) is 0 Å². The zero-order valence-electron chi connectivity index (χ0n) is 11.9. The number of halogens is 3. The number of amides is 1. The first kappa shape index (κ1) is 15.9. The van der Waals surface area contributed by atoms with Crippen LogP contribution in [0, 0.1) is 5.82 Å². The van der Waals surface area contributed by atoms with Crippen molar-refractivity contribution in [3.8, 4) is 0 Å². The molecule has 0 heterocycles. The molecule has 2 aromatic carbocycles. The molecule has 0 aromatic heterocycles. The Kier molecular flexibility index (Phi) is 4.40. The van der Waals surface area contributed by atoms with E-state index in [0.717, 1.165) is 12.1 Å². The number of carbonyl (C=O) groups excluding carboxylic acids is 1. The van der Waals surface area contributed by atoms with Crippen LogP contribution in [-0.4, -0.2) is 5.91 Å². The minimum Gasteiger partial charge on any atom is -0.398 e. The fourth-order valence-electron chi connectivity index (χ4n) is 2.07. The van der Waals surface area contributed by atoms with Gasteiger partial charge in [0, 0.05) is 16.8 Å². The van der Waals surface area contributed by atoms with Crippen LogP contribution in [0.3, 0.4) is 0 Å². The highest BCUT2D eigenvalue weighted by atomic mass is 19.3. The van der Waals surface area contributed by atoms with Crippen molar-refractivity contribution in [2.24, 2.45) is 0 Å². The highest BCUT2D eigenvalue weighted by Crippen LogP contribution is 2.31. The summed E-state index contributed by atoms with van der Waals surface area (Å²) in [5.41, 5.74) is 5.23. The number of anilines is 2. The maximum absolute atomic E-state index is 14.1. The van der Waals surface area contributed by atoms with Crippen LogP contribution in [0.4, 0.5) is 24.5 Å². The first-order valence-electron chi connectivity index (χ1n) is 6.69. The monoisotopic (exact) mass is 308 g/mol. The first-order valence-corrected chi connectivity index (χ1v) is 6.69. The van der Waals surface area contributed by atoms with Gasteiger partial charge in [0.25, 0.3) is 5.91 Å². The van der Waals surface area contributed by atoms with E-state index in [1.807, 2.05) is 5.32 Å². The van der Waals surface area contributed by atoms with Crippen LogP contribution >= 0.6 is 0 Å². The zero-order valence-corrected chi connectivity index (χ0v) is 11.9. The molecule has 22 heavy (non-hydrogen) atoms.